The van der Waals surface area contributed by atoms with E-state index in [0.717, 1.165) is 54.5 Å². The molecule has 44 heavy (non-hydrogen) atoms. The molecule has 0 aliphatic rings. The van der Waals surface area contributed by atoms with Crippen molar-refractivity contribution in [3.05, 3.63) is 83.4 Å². The topological polar surface area (TPSA) is 124 Å². The maximum absolute atomic E-state index is 12.4. The molecule has 6 aromatic rings. The summed E-state index contributed by atoms with van der Waals surface area (Å²) < 4.78 is 31.5. The molecule has 1 N–H and O–H groups in total. The molecule has 12 heteroatoms. The molecule has 0 aliphatic carbocycles. The summed E-state index contributed by atoms with van der Waals surface area (Å²) in [7, 11) is 1.32. The van der Waals surface area contributed by atoms with Crippen LogP contribution < -0.4 is 0 Å². The average molecular weight is 613 g/mol. The first kappa shape index (κ1) is 29.7. The largest absolute Gasteiger partial charge is 0.386 e. The van der Waals surface area contributed by atoms with Crippen LogP contribution in [0.4, 0.5) is 0 Å². The Morgan fingerprint density at radius 2 is 1.70 bits per heavy atom. The van der Waals surface area contributed by atoms with Crippen molar-refractivity contribution in [3.8, 4) is 16.9 Å². The van der Waals surface area contributed by atoms with Crippen LogP contribution in [0.15, 0.2) is 65.8 Å². The van der Waals surface area contributed by atoms with Crippen LogP contribution in [0.25, 0.3) is 38.9 Å². The highest BCUT2D eigenvalue weighted by molar-refractivity contribution is 7.89. The minimum absolute atomic E-state index is 0.176. The first-order valence-corrected chi connectivity index (χ1v) is 15.9. The van der Waals surface area contributed by atoms with Gasteiger partial charge in [0.1, 0.15) is 0 Å². The molecule has 0 bridgehead atoms. The Morgan fingerprint density at radius 3 is 2.39 bits per heavy atom. The Balaban J connectivity index is 1.37. The zero-order valence-electron chi connectivity index (χ0n) is 25.9. The molecule has 11 nitrogen and oxygen atoms in total. The lowest BCUT2D eigenvalue weighted by molar-refractivity contribution is 0.152. The van der Waals surface area contributed by atoms with Crippen molar-refractivity contribution in [2.24, 2.45) is 7.05 Å². The van der Waals surface area contributed by atoms with Gasteiger partial charge in [0, 0.05) is 61.1 Å². The predicted molar refractivity (Wildman–Crippen MR) is 170 cm³/mol. The van der Waals surface area contributed by atoms with E-state index in [9.17, 15) is 13.5 Å². The van der Waals surface area contributed by atoms with E-state index in [1.165, 1.54) is 26.2 Å². The second-order valence-electron chi connectivity index (χ2n) is 11.7. The molecule has 0 saturated heterocycles. The SMILES string of the molecule is Cc1nc2nn(C)cc2cc1-n1nc(-c2cccc3nn(CC(O)c4ccc(S(=O)(=O)N(C)C)cc4)cc23)c(C(C)C)c1C. The van der Waals surface area contributed by atoms with E-state index in [-0.39, 0.29) is 17.4 Å². The van der Waals surface area contributed by atoms with Crippen molar-refractivity contribution >= 4 is 32.0 Å². The van der Waals surface area contributed by atoms with Gasteiger partial charge in [-0.2, -0.15) is 15.3 Å². The number of pyridine rings is 1. The van der Waals surface area contributed by atoms with E-state index >= 15 is 0 Å². The highest BCUT2D eigenvalue weighted by atomic mass is 32.2. The molecule has 0 radical (unpaired) electrons. The van der Waals surface area contributed by atoms with E-state index in [2.05, 4.69) is 38.0 Å². The van der Waals surface area contributed by atoms with Gasteiger partial charge in [-0.3, -0.25) is 9.36 Å². The maximum Gasteiger partial charge on any atom is 0.242 e. The highest BCUT2D eigenvalue weighted by Gasteiger charge is 2.24. The van der Waals surface area contributed by atoms with Crippen molar-refractivity contribution in [2.75, 3.05) is 14.1 Å². The Bertz CT molecular complexity index is 2120. The minimum Gasteiger partial charge on any atom is -0.386 e. The molecule has 0 amide bonds. The van der Waals surface area contributed by atoms with Gasteiger partial charge in [0.2, 0.25) is 10.0 Å². The molecule has 6 rings (SSSR count). The number of aryl methyl sites for hydroxylation is 2. The molecule has 4 aromatic heterocycles. The standard InChI is InChI=1S/C32H36N8O3S/c1-19(2)30-21(4)40(28-15-23-16-38(7)36-32(23)33-20(28)3)35-31(30)25-9-8-10-27-26(25)17-39(34-27)18-29(41)22-11-13-24(14-12-22)44(42,43)37(5)6/h8-17,19,29,41H,18H2,1-7H3. The number of nitrogens with zero attached hydrogens (tertiary/aromatic N) is 8. The normalized spacial score (nSPS) is 13.1. The van der Waals surface area contributed by atoms with Gasteiger partial charge in [-0.25, -0.2) is 22.4 Å². The van der Waals surface area contributed by atoms with Crippen LogP contribution in [0, 0.1) is 13.8 Å². The Hall–Kier alpha value is -4.39. The van der Waals surface area contributed by atoms with Crippen LogP contribution in [0.3, 0.4) is 0 Å². The van der Waals surface area contributed by atoms with Gasteiger partial charge in [0.05, 0.1) is 40.1 Å². The summed E-state index contributed by atoms with van der Waals surface area (Å²) >= 11 is 0. The van der Waals surface area contributed by atoms with Crippen molar-refractivity contribution in [1.82, 2.24) is 38.6 Å². The van der Waals surface area contributed by atoms with Crippen LogP contribution in [0.2, 0.25) is 0 Å². The van der Waals surface area contributed by atoms with Crippen molar-refractivity contribution < 1.29 is 13.5 Å². The number of aliphatic hydroxyl groups is 1. The number of hydrogen-bond acceptors (Lipinski definition) is 7. The Labute approximate surface area is 256 Å². The lowest BCUT2D eigenvalue weighted by Crippen LogP contribution is -2.22. The summed E-state index contributed by atoms with van der Waals surface area (Å²) in [4.78, 5) is 4.91. The van der Waals surface area contributed by atoms with Crippen LogP contribution in [0.1, 0.15) is 48.4 Å². The number of hydrogen-bond donors (Lipinski definition) is 1. The third-order valence-corrected chi connectivity index (χ3v) is 9.83. The number of aromatic nitrogens is 7. The lowest BCUT2D eigenvalue weighted by atomic mass is 9.95. The zero-order valence-corrected chi connectivity index (χ0v) is 26.7. The highest BCUT2D eigenvalue weighted by Crippen LogP contribution is 2.37. The molecule has 1 unspecified atom stereocenters. The summed E-state index contributed by atoms with van der Waals surface area (Å²) in [6.45, 7) is 8.61. The number of fused-ring (bicyclic) bond motifs is 2. The Kier molecular flexibility index (Phi) is 7.39. The number of aliphatic hydroxyl groups excluding tert-OH is 1. The predicted octanol–water partition coefficient (Wildman–Crippen LogP) is 4.89. The second-order valence-corrected chi connectivity index (χ2v) is 13.8. The summed E-state index contributed by atoms with van der Waals surface area (Å²) in [5.41, 5.74) is 7.88. The van der Waals surface area contributed by atoms with Gasteiger partial charge in [0.25, 0.3) is 0 Å². The van der Waals surface area contributed by atoms with Crippen molar-refractivity contribution in [3.63, 3.8) is 0 Å². The van der Waals surface area contributed by atoms with Gasteiger partial charge >= 0.3 is 0 Å². The van der Waals surface area contributed by atoms with Gasteiger partial charge in [-0.1, -0.05) is 38.1 Å². The summed E-state index contributed by atoms with van der Waals surface area (Å²) in [6.07, 6.45) is 3.01. The van der Waals surface area contributed by atoms with Crippen LogP contribution in [-0.4, -0.2) is 66.3 Å². The number of rotatable bonds is 8. The van der Waals surface area contributed by atoms with Crippen LogP contribution >= 0.6 is 0 Å². The summed E-state index contributed by atoms with van der Waals surface area (Å²) in [5.74, 6) is 0.209. The number of benzene rings is 2. The van der Waals surface area contributed by atoms with Crippen LogP contribution in [0.5, 0.6) is 0 Å². The molecule has 0 aliphatic heterocycles. The first-order valence-electron chi connectivity index (χ1n) is 14.4. The summed E-state index contributed by atoms with van der Waals surface area (Å²) in [5, 5.41) is 27.3. The molecular weight excluding hydrogens is 576 g/mol. The third kappa shape index (κ3) is 5.08. The molecule has 1 atom stereocenters. The fraction of sp³-hybridized carbons (Fsp3) is 0.312. The lowest BCUT2D eigenvalue weighted by Gasteiger charge is -2.14. The molecule has 4 heterocycles. The molecular formula is C32H36N8O3S. The molecule has 0 fully saturated rings. The zero-order chi connectivity index (χ0) is 31.5. The quantitative estimate of drug-likeness (QED) is 0.259. The molecule has 2 aromatic carbocycles. The van der Waals surface area contributed by atoms with E-state index in [1.54, 1.807) is 21.5 Å². The number of sulfonamides is 1. The second kappa shape index (κ2) is 11.0. The van der Waals surface area contributed by atoms with Crippen molar-refractivity contribution in [2.45, 2.75) is 51.2 Å². The Morgan fingerprint density at radius 1 is 0.977 bits per heavy atom. The third-order valence-electron chi connectivity index (χ3n) is 8.00. The van der Waals surface area contributed by atoms with E-state index < -0.39 is 16.1 Å². The monoisotopic (exact) mass is 612 g/mol. The van der Waals surface area contributed by atoms with E-state index in [1.807, 2.05) is 43.2 Å². The van der Waals surface area contributed by atoms with Gasteiger partial charge in [0.15, 0.2) is 5.65 Å². The minimum atomic E-state index is -3.55. The molecule has 228 valence electrons. The smallest absolute Gasteiger partial charge is 0.242 e. The fourth-order valence-electron chi connectivity index (χ4n) is 5.75. The van der Waals surface area contributed by atoms with Gasteiger partial charge in [-0.15, -0.1) is 0 Å². The maximum atomic E-state index is 12.4. The van der Waals surface area contributed by atoms with Crippen LogP contribution in [-0.2, 0) is 23.6 Å². The van der Waals surface area contributed by atoms with Gasteiger partial charge < -0.3 is 5.11 Å². The van der Waals surface area contributed by atoms with E-state index in [4.69, 9.17) is 15.2 Å². The first-order chi connectivity index (χ1) is 20.8. The van der Waals surface area contributed by atoms with Crippen molar-refractivity contribution in [1.29, 1.82) is 0 Å². The van der Waals surface area contributed by atoms with E-state index in [0.29, 0.717) is 11.2 Å². The molecule has 0 saturated carbocycles. The molecule has 0 spiro atoms. The fourth-order valence-corrected chi connectivity index (χ4v) is 6.65. The average Bonchev–Trinajstić information content (AvgIpc) is 3.65. The summed E-state index contributed by atoms with van der Waals surface area (Å²) in [6, 6.07) is 14.4. The van der Waals surface area contributed by atoms with Gasteiger partial charge in [-0.05, 0) is 49.6 Å².